The number of aromatic nitrogens is 4. The molecule has 9 nitrogen and oxygen atoms in total. The van der Waals surface area contributed by atoms with Crippen molar-refractivity contribution in [2.75, 3.05) is 38.7 Å². The van der Waals surface area contributed by atoms with Crippen LogP contribution in [0.4, 0.5) is 19.4 Å². The molecule has 39 heavy (non-hydrogen) atoms. The van der Waals surface area contributed by atoms with E-state index in [1.165, 1.54) is 6.07 Å². The minimum atomic E-state index is -0.906. The molecule has 0 bridgehead atoms. The molecule has 2 atom stereocenters. The number of carbonyl (C=O) groups is 1. The highest BCUT2D eigenvalue weighted by Crippen LogP contribution is 2.31. The molecule has 1 aliphatic heterocycles. The van der Waals surface area contributed by atoms with Crippen molar-refractivity contribution in [3.63, 3.8) is 0 Å². The van der Waals surface area contributed by atoms with Crippen LogP contribution in [0.1, 0.15) is 17.0 Å². The lowest BCUT2D eigenvalue weighted by Crippen LogP contribution is -2.42. The van der Waals surface area contributed by atoms with Crippen molar-refractivity contribution in [2.24, 2.45) is 7.05 Å². The molecule has 2 aromatic heterocycles. The minimum Gasteiger partial charge on any atom is -0.383 e. The summed E-state index contributed by atoms with van der Waals surface area (Å²) < 4.78 is 36.3. The van der Waals surface area contributed by atoms with Crippen LogP contribution in [-0.4, -0.2) is 69.9 Å². The number of halogens is 2. The number of methoxy groups -OCH3 is 1. The number of ether oxygens (including phenoxy) is 1. The quantitative estimate of drug-likeness (QED) is 0.355. The summed E-state index contributed by atoms with van der Waals surface area (Å²) in [5.41, 5.74) is 3.73. The van der Waals surface area contributed by atoms with Crippen molar-refractivity contribution >= 4 is 11.8 Å². The molecule has 4 aromatic rings. The molecule has 0 spiro atoms. The molecule has 3 heterocycles. The third-order valence-corrected chi connectivity index (χ3v) is 7.03. The van der Waals surface area contributed by atoms with E-state index in [2.05, 4.69) is 20.6 Å². The standard InChI is InChI=1S/C28H31F2N7O2/c1-18-26(20-14-31-35(2)15-20)34-37(21-7-5-4-6-8-21)27(18)33-28(38)32-25-17-36(11-12-39-3)16-22(25)19-9-10-23(29)24(30)13-19/h4-10,13-15,22,25H,11-12,16-17H2,1-3H3,(H2,32,33,38)/t22-,25+/m0/s1. The summed E-state index contributed by atoms with van der Waals surface area (Å²) >= 11 is 0. The van der Waals surface area contributed by atoms with Gasteiger partial charge in [-0.1, -0.05) is 24.3 Å². The van der Waals surface area contributed by atoms with Crippen LogP contribution in [0.2, 0.25) is 0 Å². The molecule has 1 fully saturated rings. The van der Waals surface area contributed by atoms with E-state index in [4.69, 9.17) is 9.84 Å². The van der Waals surface area contributed by atoms with Gasteiger partial charge in [0.2, 0.25) is 0 Å². The number of rotatable bonds is 8. The molecule has 2 amide bonds. The Hall–Kier alpha value is -4.09. The number of benzene rings is 2. The molecule has 2 N–H and O–H groups in total. The highest BCUT2D eigenvalue weighted by Gasteiger charge is 2.35. The van der Waals surface area contributed by atoms with E-state index in [-0.39, 0.29) is 12.0 Å². The fourth-order valence-corrected chi connectivity index (χ4v) is 5.04. The van der Waals surface area contributed by atoms with E-state index in [0.717, 1.165) is 22.9 Å². The van der Waals surface area contributed by atoms with E-state index in [1.54, 1.807) is 28.7 Å². The number of nitrogens with one attached hydrogen (secondary N) is 2. The lowest BCUT2D eigenvalue weighted by atomic mass is 9.94. The van der Waals surface area contributed by atoms with Crippen LogP contribution in [0.3, 0.4) is 0 Å². The predicted molar refractivity (Wildman–Crippen MR) is 144 cm³/mol. The van der Waals surface area contributed by atoms with E-state index in [1.807, 2.05) is 50.5 Å². The third-order valence-electron chi connectivity index (χ3n) is 7.03. The van der Waals surface area contributed by atoms with Crippen molar-refractivity contribution in [1.29, 1.82) is 0 Å². The van der Waals surface area contributed by atoms with Gasteiger partial charge in [-0.15, -0.1) is 0 Å². The zero-order valence-electron chi connectivity index (χ0n) is 22.1. The first-order valence-corrected chi connectivity index (χ1v) is 12.7. The van der Waals surface area contributed by atoms with Crippen LogP contribution in [0.25, 0.3) is 16.9 Å². The average Bonchev–Trinajstić information content (AvgIpc) is 3.62. The van der Waals surface area contributed by atoms with Gasteiger partial charge in [0.1, 0.15) is 11.5 Å². The number of amides is 2. The summed E-state index contributed by atoms with van der Waals surface area (Å²) in [6.45, 7) is 4.20. The van der Waals surface area contributed by atoms with Crippen molar-refractivity contribution < 1.29 is 18.3 Å². The highest BCUT2D eigenvalue weighted by atomic mass is 19.2. The minimum absolute atomic E-state index is 0.228. The second-order valence-corrected chi connectivity index (χ2v) is 9.71. The predicted octanol–water partition coefficient (Wildman–Crippen LogP) is 4.10. The second kappa shape index (κ2) is 11.3. The summed E-state index contributed by atoms with van der Waals surface area (Å²) in [7, 11) is 3.46. The zero-order valence-corrected chi connectivity index (χ0v) is 22.1. The van der Waals surface area contributed by atoms with Gasteiger partial charge in [-0.25, -0.2) is 18.3 Å². The molecule has 1 aliphatic rings. The van der Waals surface area contributed by atoms with Crippen LogP contribution in [0.5, 0.6) is 0 Å². The Morgan fingerprint density at radius 3 is 2.62 bits per heavy atom. The van der Waals surface area contributed by atoms with E-state index in [0.29, 0.717) is 43.3 Å². The van der Waals surface area contributed by atoms with Gasteiger partial charge in [-0.3, -0.25) is 14.9 Å². The summed E-state index contributed by atoms with van der Waals surface area (Å²) in [4.78, 5) is 15.6. The maximum Gasteiger partial charge on any atom is 0.320 e. The molecule has 5 rings (SSSR count). The normalized spacial score (nSPS) is 17.5. The van der Waals surface area contributed by atoms with Gasteiger partial charge in [-0.2, -0.15) is 10.2 Å². The Balaban J connectivity index is 1.42. The first-order valence-electron chi connectivity index (χ1n) is 12.7. The van der Waals surface area contributed by atoms with Gasteiger partial charge >= 0.3 is 6.03 Å². The van der Waals surface area contributed by atoms with Crippen LogP contribution >= 0.6 is 0 Å². The summed E-state index contributed by atoms with van der Waals surface area (Å²) in [6, 6.07) is 12.7. The maximum absolute atomic E-state index is 14.1. The fraction of sp³-hybridized carbons (Fsp3) is 0.321. The number of para-hydroxylation sites is 1. The van der Waals surface area contributed by atoms with E-state index < -0.39 is 17.7 Å². The topological polar surface area (TPSA) is 89.2 Å². The van der Waals surface area contributed by atoms with Crippen LogP contribution in [0, 0.1) is 18.6 Å². The number of urea groups is 1. The monoisotopic (exact) mass is 535 g/mol. The summed E-state index contributed by atoms with van der Waals surface area (Å²) in [6.07, 6.45) is 3.60. The number of nitrogens with zero attached hydrogens (tertiary/aromatic N) is 5. The molecule has 0 unspecified atom stereocenters. The fourth-order valence-electron chi connectivity index (χ4n) is 5.04. The van der Waals surface area contributed by atoms with E-state index in [9.17, 15) is 13.6 Å². The molecule has 0 aliphatic carbocycles. The first-order chi connectivity index (χ1) is 18.8. The number of hydrogen-bond donors (Lipinski definition) is 2. The SMILES string of the molecule is COCCN1C[C@@H](NC(=O)Nc2c(C)c(-c3cnn(C)c3)nn2-c2ccccc2)[C@H](c2ccc(F)c(F)c2)C1. The first kappa shape index (κ1) is 26.5. The van der Waals surface area contributed by atoms with Crippen molar-refractivity contribution in [3.05, 3.63) is 83.7 Å². The number of hydrogen-bond acceptors (Lipinski definition) is 5. The molecule has 204 valence electrons. The molecular formula is C28H31F2N7O2. The molecule has 1 saturated heterocycles. The number of anilines is 1. The van der Waals surface area contributed by atoms with Crippen molar-refractivity contribution in [2.45, 2.75) is 18.9 Å². The lowest BCUT2D eigenvalue weighted by molar-refractivity contribution is 0.159. The summed E-state index contributed by atoms with van der Waals surface area (Å²) in [5, 5.41) is 15.1. The molecule has 0 saturated carbocycles. The smallest absolute Gasteiger partial charge is 0.320 e. The van der Waals surface area contributed by atoms with Gasteiger partial charge in [0.05, 0.1) is 24.5 Å². The summed E-state index contributed by atoms with van der Waals surface area (Å²) in [5.74, 6) is -1.51. The van der Waals surface area contributed by atoms with Gasteiger partial charge in [0, 0.05) is 57.0 Å². The Bertz CT molecular complexity index is 1450. The van der Waals surface area contributed by atoms with Gasteiger partial charge < -0.3 is 10.1 Å². The molecule has 2 aromatic carbocycles. The third kappa shape index (κ3) is 5.69. The van der Waals surface area contributed by atoms with Gasteiger partial charge in [0.15, 0.2) is 11.6 Å². The molecular weight excluding hydrogens is 504 g/mol. The number of likely N-dealkylation sites (tertiary alicyclic amines) is 1. The lowest BCUT2D eigenvalue weighted by Gasteiger charge is -2.21. The Kier molecular flexibility index (Phi) is 7.71. The van der Waals surface area contributed by atoms with Crippen molar-refractivity contribution in [1.82, 2.24) is 29.8 Å². The average molecular weight is 536 g/mol. The Morgan fingerprint density at radius 1 is 1.13 bits per heavy atom. The Labute approximate surface area is 225 Å². The molecule has 0 radical (unpaired) electrons. The van der Waals surface area contributed by atoms with Crippen molar-refractivity contribution in [3.8, 4) is 16.9 Å². The zero-order chi connectivity index (χ0) is 27.5. The highest BCUT2D eigenvalue weighted by molar-refractivity contribution is 5.91. The van der Waals surface area contributed by atoms with E-state index >= 15 is 0 Å². The van der Waals surface area contributed by atoms with Crippen LogP contribution < -0.4 is 10.6 Å². The number of aryl methyl sites for hydroxylation is 1. The Morgan fingerprint density at radius 2 is 1.92 bits per heavy atom. The van der Waals surface area contributed by atoms with Gasteiger partial charge in [0.25, 0.3) is 0 Å². The largest absolute Gasteiger partial charge is 0.383 e. The maximum atomic E-state index is 14.1. The second-order valence-electron chi connectivity index (χ2n) is 9.71. The van der Waals surface area contributed by atoms with Crippen LogP contribution in [0.15, 0.2) is 60.9 Å². The molecule has 11 heteroatoms. The van der Waals surface area contributed by atoms with Gasteiger partial charge in [-0.05, 0) is 36.8 Å². The van der Waals surface area contributed by atoms with Crippen LogP contribution in [-0.2, 0) is 11.8 Å². The number of carbonyl (C=O) groups excluding carboxylic acids is 1.